The molecule has 0 atom stereocenters. The van der Waals surface area contributed by atoms with Gasteiger partial charge in [-0.3, -0.25) is 4.72 Å². The van der Waals surface area contributed by atoms with Crippen molar-refractivity contribution in [2.45, 2.75) is 11.8 Å². The van der Waals surface area contributed by atoms with Crippen LogP contribution >= 0.6 is 0 Å². The summed E-state index contributed by atoms with van der Waals surface area (Å²) in [5, 5.41) is 0. The lowest BCUT2D eigenvalue weighted by Crippen LogP contribution is -2.12. The Morgan fingerprint density at radius 2 is 1.50 bits per heavy atom. The van der Waals surface area contributed by atoms with Gasteiger partial charge in [0.2, 0.25) is 0 Å². The van der Waals surface area contributed by atoms with E-state index in [-0.39, 0.29) is 4.90 Å². The molecule has 2 aromatic carbocycles. The van der Waals surface area contributed by atoms with E-state index >= 15 is 0 Å². The van der Waals surface area contributed by atoms with Gasteiger partial charge in [-0.2, -0.15) is 0 Å². The Morgan fingerprint density at radius 1 is 0.944 bits per heavy atom. The van der Waals surface area contributed by atoms with Crippen LogP contribution in [-0.2, 0) is 10.0 Å². The number of hydrogen-bond donors (Lipinski definition) is 1. The Bertz CT molecular complexity index is 628. The first-order valence-corrected chi connectivity index (χ1v) is 6.97. The van der Waals surface area contributed by atoms with Gasteiger partial charge in [-0.25, -0.2) is 8.42 Å². The van der Waals surface area contributed by atoms with Crippen molar-refractivity contribution in [3.8, 4) is 0 Å². The van der Waals surface area contributed by atoms with Crippen molar-refractivity contribution in [3.05, 3.63) is 66.6 Å². The van der Waals surface area contributed by atoms with Crippen molar-refractivity contribution in [1.82, 2.24) is 0 Å². The van der Waals surface area contributed by atoms with Crippen LogP contribution in [0.2, 0.25) is 0 Å². The van der Waals surface area contributed by atoms with Crippen molar-refractivity contribution >= 4 is 15.7 Å². The van der Waals surface area contributed by atoms with E-state index in [1.807, 2.05) is 6.92 Å². The first-order valence-electron chi connectivity index (χ1n) is 5.49. The smallest absolute Gasteiger partial charge is 0.261 e. The molecule has 1 radical (unpaired) electrons. The zero-order chi connectivity index (χ0) is 13.2. The number of benzene rings is 2. The molecular weight excluding hydrogens is 246 g/mol. The molecule has 0 unspecified atom stereocenters. The summed E-state index contributed by atoms with van der Waals surface area (Å²) < 4.78 is 26.7. The SMILES string of the molecule is [CH2]c1ccc(NS(=O)(=O)c2ccc(C)cc2)cc1. The van der Waals surface area contributed by atoms with Crippen LogP contribution in [0.5, 0.6) is 0 Å². The topological polar surface area (TPSA) is 46.2 Å². The molecule has 0 aliphatic heterocycles. The van der Waals surface area contributed by atoms with Gasteiger partial charge in [0.05, 0.1) is 4.90 Å². The Kier molecular flexibility index (Phi) is 3.39. The molecule has 1 N–H and O–H groups in total. The molecule has 2 aromatic rings. The Balaban J connectivity index is 2.27. The van der Waals surface area contributed by atoms with E-state index in [9.17, 15) is 8.42 Å². The van der Waals surface area contributed by atoms with E-state index in [2.05, 4.69) is 11.6 Å². The highest BCUT2D eigenvalue weighted by atomic mass is 32.2. The van der Waals surface area contributed by atoms with Gasteiger partial charge in [0, 0.05) is 5.69 Å². The Morgan fingerprint density at radius 3 is 2.06 bits per heavy atom. The fourth-order valence-electron chi connectivity index (χ4n) is 1.50. The predicted molar refractivity (Wildman–Crippen MR) is 72.9 cm³/mol. The van der Waals surface area contributed by atoms with Gasteiger partial charge in [0.1, 0.15) is 0 Å². The summed E-state index contributed by atoms with van der Waals surface area (Å²) in [5.74, 6) is 0. The minimum atomic E-state index is -3.51. The number of aryl methyl sites for hydroxylation is 1. The second-order valence-electron chi connectivity index (χ2n) is 4.12. The molecule has 2 rings (SSSR count). The van der Waals surface area contributed by atoms with Gasteiger partial charge in [-0.15, -0.1) is 0 Å². The van der Waals surface area contributed by atoms with Crippen LogP contribution < -0.4 is 4.72 Å². The minimum Gasteiger partial charge on any atom is -0.280 e. The summed E-state index contributed by atoms with van der Waals surface area (Å²) in [6.07, 6.45) is 0. The van der Waals surface area contributed by atoms with Gasteiger partial charge in [-0.1, -0.05) is 29.8 Å². The van der Waals surface area contributed by atoms with E-state index in [0.717, 1.165) is 11.1 Å². The lowest BCUT2D eigenvalue weighted by molar-refractivity contribution is 0.601. The first-order chi connectivity index (χ1) is 8.47. The standard InChI is InChI=1S/C14H14NO2S/c1-11-3-7-13(8-4-11)15-18(16,17)14-9-5-12(2)6-10-14/h3-10,15H,1H2,2H3. The summed E-state index contributed by atoms with van der Waals surface area (Å²) in [4.78, 5) is 0.256. The van der Waals surface area contributed by atoms with E-state index in [4.69, 9.17) is 0 Å². The second kappa shape index (κ2) is 4.82. The highest BCUT2D eigenvalue weighted by Gasteiger charge is 2.13. The molecule has 0 fully saturated rings. The molecule has 0 saturated heterocycles. The highest BCUT2D eigenvalue weighted by Crippen LogP contribution is 2.16. The molecule has 0 amide bonds. The number of sulfonamides is 1. The van der Waals surface area contributed by atoms with E-state index < -0.39 is 10.0 Å². The molecular formula is C14H14NO2S. The van der Waals surface area contributed by atoms with E-state index in [0.29, 0.717) is 5.69 Å². The largest absolute Gasteiger partial charge is 0.280 e. The third kappa shape index (κ3) is 2.90. The first kappa shape index (κ1) is 12.6. The summed E-state index contributed by atoms with van der Waals surface area (Å²) in [6.45, 7) is 5.66. The molecule has 3 nitrogen and oxygen atoms in total. The van der Waals surface area contributed by atoms with Crippen molar-refractivity contribution in [2.24, 2.45) is 0 Å². The minimum absolute atomic E-state index is 0.256. The van der Waals surface area contributed by atoms with Gasteiger partial charge < -0.3 is 0 Å². The van der Waals surface area contributed by atoms with Crippen molar-refractivity contribution < 1.29 is 8.42 Å². The van der Waals surface area contributed by atoms with Crippen LogP contribution in [0, 0.1) is 13.8 Å². The zero-order valence-electron chi connectivity index (χ0n) is 10.1. The highest BCUT2D eigenvalue weighted by molar-refractivity contribution is 7.92. The van der Waals surface area contributed by atoms with Crippen LogP contribution in [0.3, 0.4) is 0 Å². The van der Waals surface area contributed by atoms with Crippen molar-refractivity contribution in [2.75, 3.05) is 4.72 Å². The lowest BCUT2D eigenvalue weighted by atomic mass is 10.2. The number of nitrogens with one attached hydrogen (secondary N) is 1. The maximum Gasteiger partial charge on any atom is 0.261 e. The fraction of sp³-hybridized carbons (Fsp3) is 0.0714. The average molecular weight is 260 g/mol. The number of hydrogen-bond acceptors (Lipinski definition) is 2. The normalized spacial score (nSPS) is 11.2. The average Bonchev–Trinajstić information content (AvgIpc) is 2.32. The summed E-state index contributed by atoms with van der Waals surface area (Å²) >= 11 is 0. The van der Waals surface area contributed by atoms with Crippen LogP contribution in [0.4, 0.5) is 5.69 Å². The molecule has 4 heteroatoms. The van der Waals surface area contributed by atoms with Gasteiger partial charge in [0.15, 0.2) is 0 Å². The summed E-state index contributed by atoms with van der Waals surface area (Å²) in [7, 11) is -3.51. The molecule has 18 heavy (non-hydrogen) atoms. The third-order valence-electron chi connectivity index (χ3n) is 2.54. The van der Waals surface area contributed by atoms with Crippen molar-refractivity contribution in [1.29, 1.82) is 0 Å². The quantitative estimate of drug-likeness (QED) is 0.922. The van der Waals surface area contributed by atoms with Crippen LogP contribution in [-0.4, -0.2) is 8.42 Å². The molecule has 93 valence electrons. The lowest BCUT2D eigenvalue weighted by Gasteiger charge is -2.08. The Labute approximate surface area is 108 Å². The zero-order valence-corrected chi connectivity index (χ0v) is 10.9. The number of rotatable bonds is 3. The number of anilines is 1. The third-order valence-corrected chi connectivity index (χ3v) is 3.93. The molecule has 0 aliphatic rings. The molecule has 0 spiro atoms. The molecule has 0 bridgehead atoms. The Hall–Kier alpha value is -1.81. The maximum absolute atomic E-state index is 12.1. The van der Waals surface area contributed by atoms with Crippen LogP contribution in [0.25, 0.3) is 0 Å². The molecule has 0 aliphatic carbocycles. The van der Waals surface area contributed by atoms with Crippen LogP contribution in [0.15, 0.2) is 53.4 Å². The summed E-state index contributed by atoms with van der Waals surface area (Å²) in [5.41, 5.74) is 2.40. The molecule has 0 aromatic heterocycles. The molecule has 0 heterocycles. The van der Waals surface area contributed by atoms with E-state index in [1.165, 1.54) is 0 Å². The van der Waals surface area contributed by atoms with E-state index in [1.54, 1.807) is 48.5 Å². The van der Waals surface area contributed by atoms with Gasteiger partial charge >= 0.3 is 0 Å². The molecule has 0 saturated carbocycles. The fourth-order valence-corrected chi connectivity index (χ4v) is 2.56. The maximum atomic E-state index is 12.1. The predicted octanol–water partition coefficient (Wildman–Crippen LogP) is 2.98. The van der Waals surface area contributed by atoms with Gasteiger partial charge in [0.25, 0.3) is 10.0 Å². The van der Waals surface area contributed by atoms with Crippen LogP contribution in [0.1, 0.15) is 11.1 Å². The summed E-state index contributed by atoms with van der Waals surface area (Å²) in [6, 6.07) is 13.6. The van der Waals surface area contributed by atoms with Crippen molar-refractivity contribution in [3.63, 3.8) is 0 Å². The second-order valence-corrected chi connectivity index (χ2v) is 5.80. The van der Waals surface area contributed by atoms with Gasteiger partial charge in [-0.05, 0) is 43.7 Å². The monoisotopic (exact) mass is 260 g/mol.